The van der Waals surface area contributed by atoms with E-state index < -0.39 is 0 Å². The quantitative estimate of drug-likeness (QED) is 0.708. The van der Waals surface area contributed by atoms with Gasteiger partial charge in [0.05, 0.1) is 0 Å². The van der Waals surface area contributed by atoms with Crippen LogP contribution in [0.5, 0.6) is 0 Å². The molecule has 0 amide bonds. The first-order valence-corrected chi connectivity index (χ1v) is 6.33. The van der Waals surface area contributed by atoms with Crippen LogP contribution in [0.3, 0.4) is 0 Å². The summed E-state index contributed by atoms with van der Waals surface area (Å²) in [6, 6.07) is 1.51. The second-order valence-corrected chi connectivity index (χ2v) is 5.33. The van der Waals surface area contributed by atoms with Crippen LogP contribution in [0.25, 0.3) is 0 Å². The van der Waals surface area contributed by atoms with Gasteiger partial charge in [0.2, 0.25) is 0 Å². The number of nitrogens with one attached hydrogen (secondary N) is 1. The van der Waals surface area contributed by atoms with Gasteiger partial charge in [-0.25, -0.2) is 0 Å². The van der Waals surface area contributed by atoms with Crippen LogP contribution in [-0.2, 0) is 0 Å². The third-order valence-electron chi connectivity index (χ3n) is 3.54. The smallest absolute Gasteiger partial charge is 0.0431 e. The third kappa shape index (κ3) is 3.74. The lowest BCUT2D eigenvalue weighted by Crippen LogP contribution is -2.48. The first-order chi connectivity index (χ1) is 7.28. The minimum atomic E-state index is 0.348. The molecule has 88 valence electrons. The maximum absolute atomic E-state index is 8.85. The Hall–Kier alpha value is -0.120. The summed E-state index contributed by atoms with van der Waals surface area (Å²) in [5.41, 5.74) is 0. The highest BCUT2D eigenvalue weighted by Gasteiger charge is 2.29. The largest absolute Gasteiger partial charge is 0.396 e. The Kier molecular flexibility index (Phi) is 4.00. The Morgan fingerprint density at radius 1 is 1.27 bits per heavy atom. The molecular formula is C12H24N2O. The predicted octanol–water partition coefficient (Wildman–Crippen LogP) is 0.831. The number of nitrogens with zero attached hydrogens (tertiary/aromatic N) is 1. The third-order valence-corrected chi connectivity index (χ3v) is 3.54. The molecule has 0 radical (unpaired) electrons. The lowest BCUT2D eigenvalue weighted by Gasteiger charge is -2.36. The summed E-state index contributed by atoms with van der Waals surface area (Å²) < 4.78 is 0. The molecule has 2 fully saturated rings. The molecule has 1 aliphatic carbocycles. The summed E-state index contributed by atoms with van der Waals surface area (Å²) in [6.07, 6.45) is 6.21. The molecule has 0 aromatic rings. The molecule has 1 saturated heterocycles. The molecule has 1 saturated carbocycles. The Labute approximate surface area is 92.8 Å². The van der Waals surface area contributed by atoms with Gasteiger partial charge in [-0.15, -0.1) is 0 Å². The Morgan fingerprint density at radius 3 is 2.73 bits per heavy atom. The number of likely N-dealkylation sites (N-methyl/N-ethyl adjacent to an activating group) is 1. The van der Waals surface area contributed by atoms with E-state index in [0.29, 0.717) is 12.6 Å². The van der Waals surface area contributed by atoms with Gasteiger partial charge in [0.25, 0.3) is 0 Å². The van der Waals surface area contributed by atoms with Gasteiger partial charge in [0.15, 0.2) is 0 Å². The molecule has 1 aliphatic heterocycles. The van der Waals surface area contributed by atoms with Crippen molar-refractivity contribution in [2.45, 2.75) is 44.2 Å². The van der Waals surface area contributed by atoms with Crippen molar-refractivity contribution in [1.82, 2.24) is 10.2 Å². The van der Waals surface area contributed by atoms with Crippen LogP contribution in [0.4, 0.5) is 0 Å². The lowest BCUT2D eigenvalue weighted by atomic mass is 9.90. The highest BCUT2D eigenvalue weighted by molar-refractivity contribution is 4.89. The van der Waals surface area contributed by atoms with Crippen LogP contribution in [0.1, 0.15) is 32.1 Å². The van der Waals surface area contributed by atoms with Gasteiger partial charge in [-0.05, 0) is 45.1 Å². The maximum Gasteiger partial charge on any atom is 0.0431 e. The van der Waals surface area contributed by atoms with Gasteiger partial charge in [-0.3, -0.25) is 0 Å². The monoisotopic (exact) mass is 212 g/mol. The lowest BCUT2D eigenvalue weighted by molar-refractivity contribution is 0.153. The standard InChI is InChI=1S/C12H24N2O/c1-14-8-10(3-2-6-15)7-12(9-14)13-11-4-5-11/h10-13,15H,2-9H2,1H3. The van der Waals surface area contributed by atoms with E-state index >= 15 is 0 Å². The molecule has 0 bridgehead atoms. The molecule has 2 N–H and O–H groups in total. The summed E-state index contributed by atoms with van der Waals surface area (Å²) in [4.78, 5) is 2.44. The summed E-state index contributed by atoms with van der Waals surface area (Å²) >= 11 is 0. The summed E-state index contributed by atoms with van der Waals surface area (Å²) in [5.74, 6) is 0.784. The maximum atomic E-state index is 8.85. The molecule has 1 heterocycles. The van der Waals surface area contributed by atoms with Crippen molar-refractivity contribution in [3.05, 3.63) is 0 Å². The molecule has 2 atom stereocenters. The zero-order chi connectivity index (χ0) is 10.7. The first-order valence-electron chi connectivity index (χ1n) is 6.33. The minimum absolute atomic E-state index is 0.348. The van der Waals surface area contributed by atoms with Gasteiger partial charge >= 0.3 is 0 Å². The van der Waals surface area contributed by atoms with Gasteiger partial charge in [0.1, 0.15) is 0 Å². The second-order valence-electron chi connectivity index (χ2n) is 5.33. The molecule has 3 heteroatoms. The number of aliphatic hydroxyl groups excluding tert-OH is 1. The molecular weight excluding hydrogens is 188 g/mol. The highest BCUT2D eigenvalue weighted by atomic mass is 16.2. The molecule has 15 heavy (non-hydrogen) atoms. The van der Waals surface area contributed by atoms with Gasteiger partial charge in [0, 0.05) is 31.8 Å². The van der Waals surface area contributed by atoms with Crippen LogP contribution in [0, 0.1) is 5.92 Å². The summed E-state index contributed by atoms with van der Waals surface area (Å²) in [7, 11) is 2.21. The second kappa shape index (κ2) is 5.28. The first kappa shape index (κ1) is 11.4. The van der Waals surface area contributed by atoms with Crippen molar-refractivity contribution in [3.63, 3.8) is 0 Å². The number of aliphatic hydroxyl groups is 1. The van der Waals surface area contributed by atoms with E-state index in [-0.39, 0.29) is 0 Å². The predicted molar refractivity (Wildman–Crippen MR) is 61.9 cm³/mol. The van der Waals surface area contributed by atoms with Gasteiger partial charge in [-0.2, -0.15) is 0 Å². The highest BCUT2D eigenvalue weighted by Crippen LogP contribution is 2.25. The molecule has 0 aromatic carbocycles. The van der Waals surface area contributed by atoms with E-state index in [1.165, 1.54) is 38.8 Å². The minimum Gasteiger partial charge on any atom is -0.396 e. The van der Waals surface area contributed by atoms with Crippen LogP contribution in [-0.4, -0.2) is 48.8 Å². The van der Waals surface area contributed by atoms with Crippen LogP contribution < -0.4 is 5.32 Å². The molecule has 0 spiro atoms. The normalized spacial score (nSPS) is 33.2. The van der Waals surface area contributed by atoms with Crippen molar-refractivity contribution in [2.24, 2.45) is 5.92 Å². The molecule has 3 nitrogen and oxygen atoms in total. The van der Waals surface area contributed by atoms with E-state index in [9.17, 15) is 0 Å². The fourth-order valence-electron chi connectivity index (χ4n) is 2.74. The van der Waals surface area contributed by atoms with Crippen LogP contribution >= 0.6 is 0 Å². The Bertz CT molecular complexity index is 192. The number of hydrogen-bond acceptors (Lipinski definition) is 3. The summed E-state index contributed by atoms with van der Waals surface area (Å²) in [5, 5.41) is 12.6. The Balaban J connectivity index is 1.74. The molecule has 2 unspecified atom stereocenters. The van der Waals surface area contributed by atoms with Gasteiger partial charge in [-0.1, -0.05) is 0 Å². The van der Waals surface area contributed by atoms with E-state index in [4.69, 9.17) is 5.11 Å². The Morgan fingerprint density at radius 2 is 2.07 bits per heavy atom. The van der Waals surface area contributed by atoms with Crippen LogP contribution in [0.2, 0.25) is 0 Å². The van der Waals surface area contributed by atoms with Crippen molar-refractivity contribution >= 4 is 0 Å². The van der Waals surface area contributed by atoms with Crippen molar-refractivity contribution in [3.8, 4) is 0 Å². The van der Waals surface area contributed by atoms with Crippen molar-refractivity contribution in [1.29, 1.82) is 0 Å². The molecule has 0 aromatic heterocycles. The van der Waals surface area contributed by atoms with Crippen molar-refractivity contribution < 1.29 is 5.11 Å². The fraction of sp³-hybridized carbons (Fsp3) is 1.00. The fourth-order valence-corrected chi connectivity index (χ4v) is 2.74. The van der Waals surface area contributed by atoms with Crippen LogP contribution in [0.15, 0.2) is 0 Å². The topological polar surface area (TPSA) is 35.5 Å². The number of likely N-dealkylation sites (tertiary alicyclic amines) is 1. The average Bonchev–Trinajstić information content (AvgIpc) is 2.98. The van der Waals surface area contributed by atoms with Gasteiger partial charge < -0.3 is 15.3 Å². The van der Waals surface area contributed by atoms with Crippen molar-refractivity contribution in [2.75, 3.05) is 26.7 Å². The molecule has 2 rings (SSSR count). The van der Waals surface area contributed by atoms with E-state index in [1.807, 2.05) is 0 Å². The number of hydrogen-bond donors (Lipinski definition) is 2. The summed E-state index contributed by atoms with van der Waals surface area (Å²) in [6.45, 7) is 2.76. The molecule has 2 aliphatic rings. The van der Waals surface area contributed by atoms with E-state index in [2.05, 4.69) is 17.3 Å². The zero-order valence-electron chi connectivity index (χ0n) is 9.78. The van der Waals surface area contributed by atoms with E-state index in [0.717, 1.165) is 18.4 Å². The zero-order valence-corrected chi connectivity index (χ0v) is 9.78. The number of piperidine rings is 1. The SMILES string of the molecule is CN1CC(CCCO)CC(NC2CC2)C1. The number of rotatable bonds is 5. The average molecular weight is 212 g/mol. The van der Waals surface area contributed by atoms with E-state index in [1.54, 1.807) is 0 Å².